The van der Waals surface area contributed by atoms with E-state index in [9.17, 15) is 4.79 Å². The van der Waals surface area contributed by atoms with Gasteiger partial charge in [-0.15, -0.1) is 0 Å². The Hall–Kier alpha value is -0.970. The Labute approximate surface area is 56.9 Å². The Morgan fingerprint density at radius 3 is 2.44 bits per heavy atom. The average Bonchev–Trinajstić information content (AvgIpc) is 1.63. The van der Waals surface area contributed by atoms with Gasteiger partial charge in [-0.2, -0.15) is 0 Å². The second-order valence-electron chi connectivity index (χ2n) is 1.21. The van der Waals surface area contributed by atoms with Crippen molar-refractivity contribution in [1.29, 1.82) is 5.41 Å². The SMILES string of the molecule is CC(=O)ON(Cl)C(=N)N. The molecule has 52 valence electrons. The summed E-state index contributed by atoms with van der Waals surface area (Å²) < 4.78 is 0.350. The van der Waals surface area contributed by atoms with Crippen LogP contribution in [0.3, 0.4) is 0 Å². The molecular formula is C3H6ClN3O2. The fourth-order valence-corrected chi connectivity index (χ4v) is 0.259. The Bertz CT molecular complexity index is 137. The zero-order chi connectivity index (χ0) is 7.44. The van der Waals surface area contributed by atoms with Crippen molar-refractivity contribution in [3.8, 4) is 0 Å². The molecule has 0 unspecified atom stereocenters. The molecule has 0 fully saturated rings. The molecule has 0 saturated heterocycles. The molecule has 0 heterocycles. The predicted octanol–water partition coefficient (Wildman–Crippen LogP) is -0.186. The van der Waals surface area contributed by atoms with E-state index in [0.29, 0.717) is 4.58 Å². The van der Waals surface area contributed by atoms with Crippen LogP contribution in [0.15, 0.2) is 0 Å². The molecule has 0 aliphatic rings. The van der Waals surface area contributed by atoms with Crippen LogP contribution in [0.4, 0.5) is 0 Å². The third-order valence-electron chi connectivity index (χ3n) is 0.398. The lowest BCUT2D eigenvalue weighted by molar-refractivity contribution is -0.157. The molecule has 9 heavy (non-hydrogen) atoms. The number of hydrogen-bond donors (Lipinski definition) is 2. The first kappa shape index (κ1) is 8.03. The van der Waals surface area contributed by atoms with Crippen LogP contribution in [0.25, 0.3) is 0 Å². The van der Waals surface area contributed by atoms with E-state index >= 15 is 0 Å². The minimum atomic E-state index is -0.625. The first-order valence-corrected chi connectivity index (χ1v) is 2.36. The monoisotopic (exact) mass is 151 g/mol. The van der Waals surface area contributed by atoms with Crippen molar-refractivity contribution in [2.24, 2.45) is 5.73 Å². The summed E-state index contributed by atoms with van der Waals surface area (Å²) in [5.74, 6) is -1.16. The molecule has 0 aromatic rings. The lowest BCUT2D eigenvalue weighted by Gasteiger charge is -2.08. The summed E-state index contributed by atoms with van der Waals surface area (Å²) in [6, 6.07) is 0. The van der Waals surface area contributed by atoms with E-state index in [1.807, 2.05) is 0 Å². The zero-order valence-corrected chi connectivity index (χ0v) is 5.47. The number of nitrogens with one attached hydrogen (secondary N) is 1. The van der Waals surface area contributed by atoms with Crippen molar-refractivity contribution in [1.82, 2.24) is 4.58 Å². The van der Waals surface area contributed by atoms with Gasteiger partial charge in [-0.1, -0.05) is 4.58 Å². The number of hydroxylamine groups is 1. The predicted molar refractivity (Wildman–Crippen MR) is 31.4 cm³/mol. The highest BCUT2D eigenvalue weighted by molar-refractivity contribution is 6.20. The molecule has 0 bridgehead atoms. The number of nitrogens with two attached hydrogens (primary N) is 1. The van der Waals surface area contributed by atoms with Crippen LogP contribution >= 0.6 is 11.8 Å². The van der Waals surface area contributed by atoms with E-state index in [2.05, 4.69) is 4.84 Å². The normalized spacial score (nSPS) is 8.22. The quantitative estimate of drug-likeness (QED) is 0.218. The molecule has 0 aromatic carbocycles. The third-order valence-corrected chi connectivity index (χ3v) is 0.649. The lowest BCUT2D eigenvalue weighted by atomic mass is 10.8. The van der Waals surface area contributed by atoms with Crippen molar-refractivity contribution >= 4 is 23.7 Å². The molecule has 0 aliphatic carbocycles. The van der Waals surface area contributed by atoms with Crippen LogP contribution in [0.2, 0.25) is 0 Å². The number of halogens is 1. The first-order valence-electron chi connectivity index (χ1n) is 2.02. The summed E-state index contributed by atoms with van der Waals surface area (Å²) in [5.41, 5.74) is 4.78. The molecule has 5 nitrogen and oxygen atoms in total. The fraction of sp³-hybridized carbons (Fsp3) is 0.333. The van der Waals surface area contributed by atoms with Gasteiger partial charge in [-0.3, -0.25) is 5.41 Å². The Morgan fingerprint density at radius 2 is 2.33 bits per heavy atom. The average molecular weight is 152 g/mol. The van der Waals surface area contributed by atoms with Gasteiger partial charge in [0.25, 0.3) is 0 Å². The van der Waals surface area contributed by atoms with Crippen LogP contribution < -0.4 is 5.73 Å². The van der Waals surface area contributed by atoms with Gasteiger partial charge in [0.05, 0.1) is 11.8 Å². The van der Waals surface area contributed by atoms with Crippen LogP contribution in [0, 0.1) is 5.41 Å². The van der Waals surface area contributed by atoms with Crippen LogP contribution in [-0.4, -0.2) is 16.5 Å². The van der Waals surface area contributed by atoms with E-state index in [1.165, 1.54) is 0 Å². The maximum Gasteiger partial charge on any atom is 0.331 e. The second-order valence-corrected chi connectivity index (χ2v) is 1.52. The minimum absolute atomic E-state index is 0.350. The zero-order valence-electron chi connectivity index (χ0n) is 4.72. The molecule has 0 radical (unpaired) electrons. The van der Waals surface area contributed by atoms with Crippen molar-refractivity contribution in [2.75, 3.05) is 0 Å². The summed E-state index contributed by atoms with van der Waals surface area (Å²) in [4.78, 5) is 14.2. The Morgan fingerprint density at radius 1 is 1.89 bits per heavy atom. The molecule has 3 N–H and O–H groups in total. The largest absolute Gasteiger partial charge is 0.366 e. The molecular weight excluding hydrogens is 146 g/mol. The maximum absolute atomic E-state index is 10.1. The first-order chi connectivity index (χ1) is 4.04. The van der Waals surface area contributed by atoms with E-state index in [1.54, 1.807) is 0 Å². The molecule has 0 spiro atoms. The molecule has 0 rings (SSSR count). The topological polar surface area (TPSA) is 79.4 Å². The van der Waals surface area contributed by atoms with Crippen LogP contribution in [0.1, 0.15) is 6.92 Å². The highest BCUT2D eigenvalue weighted by Crippen LogP contribution is 1.92. The number of carbonyl (C=O) groups excluding carboxylic acids is 1. The van der Waals surface area contributed by atoms with Gasteiger partial charge in [0.1, 0.15) is 0 Å². The number of nitrogens with zero attached hydrogens (tertiary/aromatic N) is 1. The smallest absolute Gasteiger partial charge is 0.331 e. The van der Waals surface area contributed by atoms with Gasteiger partial charge in [-0.25, -0.2) is 4.79 Å². The summed E-state index contributed by atoms with van der Waals surface area (Å²) in [7, 11) is 0. The van der Waals surface area contributed by atoms with E-state index < -0.39 is 11.9 Å². The number of hydrogen-bond acceptors (Lipinski definition) is 3. The highest BCUT2D eigenvalue weighted by Gasteiger charge is 2.04. The summed E-state index contributed by atoms with van der Waals surface area (Å²) in [5, 5.41) is 6.59. The van der Waals surface area contributed by atoms with E-state index in [4.69, 9.17) is 22.9 Å². The van der Waals surface area contributed by atoms with Crippen molar-refractivity contribution in [3.05, 3.63) is 0 Å². The van der Waals surface area contributed by atoms with Gasteiger partial charge in [0.2, 0.25) is 5.96 Å². The summed E-state index contributed by atoms with van der Waals surface area (Å²) in [6.45, 7) is 1.15. The summed E-state index contributed by atoms with van der Waals surface area (Å²) >= 11 is 5.05. The Balaban J connectivity index is 3.63. The fourth-order valence-electron chi connectivity index (χ4n) is 0.162. The van der Waals surface area contributed by atoms with E-state index in [-0.39, 0.29) is 0 Å². The molecule has 6 heteroatoms. The van der Waals surface area contributed by atoms with Crippen molar-refractivity contribution < 1.29 is 9.63 Å². The number of rotatable bonds is 0. The maximum atomic E-state index is 10.1. The second kappa shape index (κ2) is 3.13. The van der Waals surface area contributed by atoms with Gasteiger partial charge in [0, 0.05) is 6.92 Å². The van der Waals surface area contributed by atoms with Crippen molar-refractivity contribution in [2.45, 2.75) is 6.92 Å². The molecule has 0 aromatic heterocycles. The molecule has 0 amide bonds. The van der Waals surface area contributed by atoms with E-state index in [0.717, 1.165) is 6.92 Å². The third kappa shape index (κ3) is 3.60. The molecule has 0 atom stereocenters. The van der Waals surface area contributed by atoms with Crippen molar-refractivity contribution in [3.63, 3.8) is 0 Å². The summed E-state index contributed by atoms with van der Waals surface area (Å²) in [6.07, 6.45) is 0. The van der Waals surface area contributed by atoms with Crippen LogP contribution in [0.5, 0.6) is 0 Å². The standard InChI is InChI=1S/C3H6ClN3O2/c1-2(8)9-7(4)3(5)6/h1H3,(H3,5,6). The molecule has 0 saturated carbocycles. The number of guanidine groups is 1. The van der Waals surface area contributed by atoms with Gasteiger partial charge < -0.3 is 10.6 Å². The number of carbonyl (C=O) groups is 1. The van der Waals surface area contributed by atoms with Crippen LogP contribution in [-0.2, 0) is 9.63 Å². The van der Waals surface area contributed by atoms with Gasteiger partial charge >= 0.3 is 5.97 Å². The van der Waals surface area contributed by atoms with Gasteiger partial charge in [-0.05, 0) is 0 Å². The lowest BCUT2D eigenvalue weighted by Crippen LogP contribution is -2.30. The van der Waals surface area contributed by atoms with Gasteiger partial charge in [0.15, 0.2) is 0 Å². The Kier molecular flexibility index (Phi) is 2.80. The minimum Gasteiger partial charge on any atom is -0.366 e. The highest BCUT2D eigenvalue weighted by atomic mass is 35.5. The molecule has 0 aliphatic heterocycles.